The fraction of sp³-hybridized carbons (Fsp3) is 0.615. The van der Waals surface area contributed by atoms with E-state index in [4.69, 9.17) is 14.2 Å². The molecule has 0 radical (unpaired) electrons. The molecule has 1 aliphatic heterocycles. The van der Waals surface area contributed by atoms with Crippen LogP contribution in [0.2, 0.25) is 0 Å². The predicted molar refractivity (Wildman–Crippen MR) is 67.4 cm³/mol. The minimum absolute atomic E-state index is 0.220. The van der Waals surface area contributed by atoms with Gasteiger partial charge in [0.05, 0.1) is 26.4 Å². The Morgan fingerprint density at radius 1 is 1.44 bits per heavy atom. The Morgan fingerprint density at radius 3 is 2.83 bits per heavy atom. The van der Waals surface area contributed by atoms with E-state index in [1.165, 1.54) is 0 Å². The predicted octanol–water partition coefficient (Wildman–Crippen LogP) is 1.33. The fourth-order valence-corrected chi connectivity index (χ4v) is 1.74. The van der Waals surface area contributed by atoms with E-state index in [1.807, 2.05) is 26.0 Å². The zero-order valence-corrected chi connectivity index (χ0v) is 11.1. The molecule has 2 heterocycles. The van der Waals surface area contributed by atoms with Gasteiger partial charge in [0.1, 0.15) is 0 Å². The van der Waals surface area contributed by atoms with Gasteiger partial charge in [0.2, 0.25) is 5.88 Å². The van der Waals surface area contributed by atoms with Crippen LogP contribution in [0.3, 0.4) is 0 Å². The number of nitrogens with zero attached hydrogens (tertiary/aromatic N) is 1. The van der Waals surface area contributed by atoms with Crippen molar-refractivity contribution in [2.24, 2.45) is 0 Å². The minimum atomic E-state index is -0.460. The molecule has 1 saturated heterocycles. The highest BCUT2D eigenvalue weighted by Gasteiger charge is 2.27. The summed E-state index contributed by atoms with van der Waals surface area (Å²) in [5, 5.41) is 3.39. The van der Waals surface area contributed by atoms with Crippen LogP contribution in [0.4, 0.5) is 0 Å². The summed E-state index contributed by atoms with van der Waals surface area (Å²) in [6.45, 7) is 5.93. The molecular weight excluding hydrogens is 232 g/mol. The lowest BCUT2D eigenvalue weighted by Gasteiger charge is -2.35. The van der Waals surface area contributed by atoms with E-state index < -0.39 is 5.79 Å². The van der Waals surface area contributed by atoms with Crippen molar-refractivity contribution in [3.05, 3.63) is 23.9 Å². The van der Waals surface area contributed by atoms with Crippen LogP contribution in [-0.4, -0.2) is 37.1 Å². The highest BCUT2D eigenvalue weighted by Crippen LogP contribution is 2.17. The van der Waals surface area contributed by atoms with Gasteiger partial charge in [-0.05, 0) is 25.5 Å². The van der Waals surface area contributed by atoms with E-state index in [1.54, 1.807) is 13.3 Å². The van der Waals surface area contributed by atoms with Crippen LogP contribution in [0.15, 0.2) is 18.3 Å². The van der Waals surface area contributed by atoms with Crippen LogP contribution in [-0.2, 0) is 16.0 Å². The molecule has 1 aliphatic rings. The first-order chi connectivity index (χ1) is 8.59. The minimum Gasteiger partial charge on any atom is -0.481 e. The lowest BCUT2D eigenvalue weighted by molar-refractivity contribution is -0.253. The molecule has 0 unspecified atom stereocenters. The molecule has 0 atom stereocenters. The summed E-state index contributed by atoms with van der Waals surface area (Å²) in [4.78, 5) is 4.07. The largest absolute Gasteiger partial charge is 0.481 e. The molecule has 1 N–H and O–H groups in total. The zero-order chi connectivity index (χ0) is 13.0. The first kappa shape index (κ1) is 13.3. The maximum Gasteiger partial charge on any atom is 0.213 e. The smallest absolute Gasteiger partial charge is 0.213 e. The van der Waals surface area contributed by atoms with E-state index in [-0.39, 0.29) is 6.04 Å². The molecule has 0 bridgehead atoms. The molecule has 1 fully saturated rings. The van der Waals surface area contributed by atoms with Crippen LogP contribution in [0, 0.1) is 0 Å². The normalized spacial score (nSPS) is 19.7. The Morgan fingerprint density at radius 2 is 2.17 bits per heavy atom. The van der Waals surface area contributed by atoms with Crippen molar-refractivity contribution in [2.45, 2.75) is 32.2 Å². The van der Waals surface area contributed by atoms with Crippen LogP contribution in [0.25, 0.3) is 0 Å². The standard InChI is InChI=1S/C13H20N2O3/c1-13(2)17-8-11(9-18-13)15-7-10-4-5-14-12(6-10)16-3/h4-6,11,15H,7-9H2,1-3H3. The maximum atomic E-state index is 5.59. The van der Waals surface area contributed by atoms with Gasteiger partial charge in [0.25, 0.3) is 0 Å². The van der Waals surface area contributed by atoms with E-state index in [0.29, 0.717) is 19.1 Å². The van der Waals surface area contributed by atoms with E-state index in [2.05, 4.69) is 10.3 Å². The lowest BCUT2D eigenvalue weighted by Crippen LogP contribution is -2.48. The Labute approximate surface area is 107 Å². The van der Waals surface area contributed by atoms with Gasteiger partial charge in [-0.25, -0.2) is 4.98 Å². The second kappa shape index (κ2) is 5.65. The van der Waals surface area contributed by atoms with Gasteiger partial charge in [-0.3, -0.25) is 0 Å². The number of rotatable bonds is 4. The van der Waals surface area contributed by atoms with E-state index >= 15 is 0 Å². The van der Waals surface area contributed by atoms with Gasteiger partial charge >= 0.3 is 0 Å². The monoisotopic (exact) mass is 252 g/mol. The van der Waals surface area contributed by atoms with Crippen molar-refractivity contribution >= 4 is 0 Å². The Hall–Kier alpha value is -1.17. The molecular formula is C13H20N2O3. The molecule has 5 heteroatoms. The quantitative estimate of drug-likeness (QED) is 0.876. The zero-order valence-electron chi connectivity index (χ0n) is 11.1. The Kier molecular flexibility index (Phi) is 4.16. The van der Waals surface area contributed by atoms with Crippen LogP contribution >= 0.6 is 0 Å². The Bertz CT molecular complexity index is 386. The summed E-state index contributed by atoms with van der Waals surface area (Å²) in [7, 11) is 1.62. The van der Waals surface area contributed by atoms with Crippen molar-refractivity contribution in [1.29, 1.82) is 0 Å². The van der Waals surface area contributed by atoms with Crippen molar-refractivity contribution in [2.75, 3.05) is 20.3 Å². The molecule has 0 spiro atoms. The summed E-state index contributed by atoms with van der Waals surface area (Å²) in [5.74, 6) is 0.171. The topological polar surface area (TPSA) is 52.6 Å². The maximum absolute atomic E-state index is 5.59. The molecule has 2 rings (SSSR count). The first-order valence-corrected chi connectivity index (χ1v) is 6.09. The summed E-state index contributed by atoms with van der Waals surface area (Å²) in [6, 6.07) is 4.10. The van der Waals surface area contributed by atoms with Gasteiger partial charge in [0, 0.05) is 18.8 Å². The number of ether oxygens (including phenoxy) is 3. The van der Waals surface area contributed by atoms with E-state index in [9.17, 15) is 0 Å². The molecule has 0 aromatic carbocycles. The number of pyridine rings is 1. The molecule has 18 heavy (non-hydrogen) atoms. The Balaban J connectivity index is 1.81. The number of methoxy groups -OCH3 is 1. The summed E-state index contributed by atoms with van der Waals surface area (Å²) in [5.41, 5.74) is 1.13. The number of nitrogens with one attached hydrogen (secondary N) is 1. The molecule has 0 amide bonds. The van der Waals surface area contributed by atoms with Crippen molar-refractivity contribution in [3.63, 3.8) is 0 Å². The van der Waals surface area contributed by atoms with Crippen LogP contribution < -0.4 is 10.1 Å². The van der Waals surface area contributed by atoms with Gasteiger partial charge in [-0.15, -0.1) is 0 Å². The second-order valence-electron chi connectivity index (χ2n) is 4.81. The number of hydrogen-bond acceptors (Lipinski definition) is 5. The van der Waals surface area contributed by atoms with Crippen molar-refractivity contribution in [1.82, 2.24) is 10.3 Å². The highest BCUT2D eigenvalue weighted by molar-refractivity contribution is 5.20. The van der Waals surface area contributed by atoms with Crippen LogP contribution in [0.5, 0.6) is 5.88 Å². The number of hydrogen-bond donors (Lipinski definition) is 1. The molecule has 1 aromatic rings. The van der Waals surface area contributed by atoms with Gasteiger partial charge in [-0.2, -0.15) is 0 Å². The van der Waals surface area contributed by atoms with Gasteiger partial charge in [-0.1, -0.05) is 0 Å². The summed E-state index contributed by atoms with van der Waals surface area (Å²) >= 11 is 0. The molecule has 100 valence electrons. The highest BCUT2D eigenvalue weighted by atomic mass is 16.7. The average molecular weight is 252 g/mol. The third-order valence-corrected chi connectivity index (χ3v) is 2.87. The van der Waals surface area contributed by atoms with Gasteiger partial charge in [0.15, 0.2) is 5.79 Å². The number of aromatic nitrogens is 1. The molecule has 0 aliphatic carbocycles. The molecule has 0 saturated carbocycles. The lowest BCUT2D eigenvalue weighted by atomic mass is 10.2. The first-order valence-electron chi connectivity index (χ1n) is 6.09. The average Bonchev–Trinajstić information content (AvgIpc) is 2.38. The van der Waals surface area contributed by atoms with Crippen molar-refractivity contribution in [3.8, 4) is 5.88 Å². The second-order valence-corrected chi connectivity index (χ2v) is 4.81. The summed E-state index contributed by atoms with van der Waals surface area (Å²) < 4.78 is 16.3. The van der Waals surface area contributed by atoms with Gasteiger partial charge < -0.3 is 19.5 Å². The summed E-state index contributed by atoms with van der Waals surface area (Å²) in [6.07, 6.45) is 1.74. The fourth-order valence-electron chi connectivity index (χ4n) is 1.74. The third-order valence-electron chi connectivity index (χ3n) is 2.87. The van der Waals surface area contributed by atoms with Crippen LogP contribution in [0.1, 0.15) is 19.4 Å². The molecule has 1 aromatic heterocycles. The SMILES string of the molecule is COc1cc(CNC2COC(C)(C)OC2)ccn1. The molecule has 5 nitrogen and oxygen atoms in total. The third kappa shape index (κ3) is 3.66. The van der Waals surface area contributed by atoms with Crippen molar-refractivity contribution < 1.29 is 14.2 Å². The van der Waals surface area contributed by atoms with E-state index in [0.717, 1.165) is 12.1 Å².